The number of hydrogen-bond acceptors (Lipinski definition) is 3. The molecule has 2 fully saturated rings. The molecule has 4 heteroatoms. The number of alkyl carbamates (subject to hydrolysis) is 1. The van der Waals surface area contributed by atoms with Gasteiger partial charge in [-0.1, -0.05) is 20.8 Å². The first-order valence-corrected chi connectivity index (χ1v) is 9.17. The second kappa shape index (κ2) is 6.27. The third-order valence-corrected chi connectivity index (χ3v) is 5.96. The molecule has 0 aromatic heterocycles. The third kappa shape index (κ3) is 4.20. The van der Waals surface area contributed by atoms with Crippen molar-refractivity contribution >= 4 is 6.09 Å². The van der Waals surface area contributed by atoms with Crippen molar-refractivity contribution in [3.63, 3.8) is 0 Å². The van der Waals surface area contributed by atoms with E-state index in [0.29, 0.717) is 16.9 Å². The first kappa shape index (κ1) is 18.6. The quantitative estimate of drug-likeness (QED) is 0.800. The summed E-state index contributed by atoms with van der Waals surface area (Å²) in [6.07, 6.45) is 4.70. The lowest BCUT2D eigenvalue weighted by atomic mass is 9.68. The Morgan fingerprint density at radius 3 is 2.48 bits per heavy atom. The summed E-state index contributed by atoms with van der Waals surface area (Å²) in [5, 5.41) is 6.73. The molecule has 2 aliphatic rings. The van der Waals surface area contributed by atoms with Gasteiger partial charge in [0.05, 0.1) is 0 Å². The van der Waals surface area contributed by atoms with Gasteiger partial charge in [-0.15, -0.1) is 0 Å². The number of amides is 1. The van der Waals surface area contributed by atoms with E-state index in [9.17, 15) is 4.79 Å². The summed E-state index contributed by atoms with van der Waals surface area (Å²) in [6.45, 7) is 15.9. The first-order chi connectivity index (χ1) is 10.4. The highest BCUT2D eigenvalue weighted by atomic mass is 16.6. The van der Waals surface area contributed by atoms with E-state index in [1.807, 2.05) is 27.7 Å². The molecule has 4 unspecified atom stereocenters. The fourth-order valence-corrected chi connectivity index (χ4v) is 4.84. The van der Waals surface area contributed by atoms with Gasteiger partial charge >= 0.3 is 6.09 Å². The van der Waals surface area contributed by atoms with E-state index in [0.717, 1.165) is 18.9 Å². The molecule has 2 bridgehead atoms. The van der Waals surface area contributed by atoms with Crippen LogP contribution in [0.1, 0.15) is 74.1 Å². The second-order valence-electron chi connectivity index (χ2n) is 9.64. The molecule has 0 radical (unpaired) electrons. The molecular weight excluding hydrogens is 288 g/mol. The first-order valence-electron chi connectivity index (χ1n) is 9.17. The van der Waals surface area contributed by atoms with Gasteiger partial charge in [-0.2, -0.15) is 0 Å². The molecule has 1 amide bonds. The SMILES string of the molecule is CC(CCNC1C2(C)CCC(C2)C1(C)C)NC(=O)OC(C)(C)C. The molecule has 0 spiro atoms. The van der Waals surface area contributed by atoms with Crippen LogP contribution in [-0.2, 0) is 4.74 Å². The summed E-state index contributed by atoms with van der Waals surface area (Å²) in [4.78, 5) is 11.8. The number of hydrogen-bond donors (Lipinski definition) is 2. The smallest absolute Gasteiger partial charge is 0.407 e. The summed E-state index contributed by atoms with van der Waals surface area (Å²) in [7, 11) is 0. The van der Waals surface area contributed by atoms with Gasteiger partial charge in [-0.25, -0.2) is 4.79 Å². The van der Waals surface area contributed by atoms with Crippen molar-refractivity contribution in [2.24, 2.45) is 16.7 Å². The normalized spacial score (nSPS) is 33.5. The van der Waals surface area contributed by atoms with Crippen LogP contribution >= 0.6 is 0 Å². The van der Waals surface area contributed by atoms with Crippen molar-refractivity contribution in [3.05, 3.63) is 0 Å². The lowest BCUT2D eigenvalue weighted by molar-refractivity contribution is 0.0504. The average molecular weight is 325 g/mol. The van der Waals surface area contributed by atoms with Crippen molar-refractivity contribution in [3.8, 4) is 0 Å². The van der Waals surface area contributed by atoms with Gasteiger partial charge in [0.15, 0.2) is 0 Å². The van der Waals surface area contributed by atoms with Gasteiger partial charge in [0, 0.05) is 12.1 Å². The fraction of sp³-hybridized carbons (Fsp3) is 0.947. The maximum Gasteiger partial charge on any atom is 0.407 e. The minimum absolute atomic E-state index is 0.117. The van der Waals surface area contributed by atoms with Crippen LogP contribution in [0.4, 0.5) is 4.79 Å². The zero-order valence-corrected chi connectivity index (χ0v) is 16.1. The zero-order chi connectivity index (χ0) is 17.5. The maximum atomic E-state index is 11.8. The summed E-state index contributed by atoms with van der Waals surface area (Å²) in [6, 6.07) is 0.703. The van der Waals surface area contributed by atoms with Crippen LogP contribution in [0.25, 0.3) is 0 Å². The van der Waals surface area contributed by atoms with Gasteiger partial charge < -0.3 is 15.4 Å². The molecular formula is C19H36N2O2. The monoisotopic (exact) mass is 324 g/mol. The Kier molecular flexibility index (Phi) is 5.06. The number of rotatable bonds is 5. The molecule has 4 nitrogen and oxygen atoms in total. The minimum atomic E-state index is -0.441. The number of carbonyl (C=O) groups excluding carboxylic acids is 1. The van der Waals surface area contributed by atoms with Crippen molar-refractivity contribution in [1.29, 1.82) is 0 Å². The number of nitrogens with one attached hydrogen (secondary N) is 2. The van der Waals surface area contributed by atoms with E-state index in [1.165, 1.54) is 19.3 Å². The van der Waals surface area contributed by atoms with Gasteiger partial charge in [0.25, 0.3) is 0 Å². The third-order valence-electron chi connectivity index (χ3n) is 5.96. The predicted octanol–water partition coefficient (Wildman–Crippen LogP) is 4.09. The van der Waals surface area contributed by atoms with Crippen molar-refractivity contribution in [2.45, 2.75) is 91.8 Å². The fourth-order valence-electron chi connectivity index (χ4n) is 4.84. The van der Waals surface area contributed by atoms with E-state index in [-0.39, 0.29) is 12.1 Å². The van der Waals surface area contributed by atoms with Crippen LogP contribution in [0.5, 0.6) is 0 Å². The van der Waals surface area contributed by atoms with Crippen LogP contribution in [0.2, 0.25) is 0 Å². The molecule has 0 aliphatic heterocycles. The summed E-state index contributed by atoms with van der Waals surface area (Å²) < 4.78 is 5.31. The largest absolute Gasteiger partial charge is 0.444 e. The Morgan fingerprint density at radius 2 is 1.96 bits per heavy atom. The average Bonchev–Trinajstić information content (AvgIpc) is 2.82. The van der Waals surface area contributed by atoms with Crippen molar-refractivity contribution < 1.29 is 9.53 Å². The number of ether oxygens (including phenoxy) is 1. The Morgan fingerprint density at radius 1 is 1.30 bits per heavy atom. The lowest BCUT2D eigenvalue weighted by Crippen LogP contribution is -2.51. The van der Waals surface area contributed by atoms with Crippen molar-refractivity contribution in [1.82, 2.24) is 10.6 Å². The highest BCUT2D eigenvalue weighted by Crippen LogP contribution is 2.62. The maximum absolute atomic E-state index is 11.8. The van der Waals surface area contributed by atoms with Crippen LogP contribution in [0, 0.1) is 16.7 Å². The standard InChI is InChI=1S/C19H36N2O2/c1-13(21-16(22)23-17(2,3)4)9-11-20-15-18(5,6)14-8-10-19(15,7)12-14/h13-15,20H,8-12H2,1-7H3,(H,21,22). The topological polar surface area (TPSA) is 50.4 Å². The Hall–Kier alpha value is -0.770. The van der Waals surface area contributed by atoms with E-state index in [4.69, 9.17) is 4.74 Å². The van der Waals surface area contributed by atoms with Gasteiger partial charge in [0.1, 0.15) is 5.60 Å². The van der Waals surface area contributed by atoms with Gasteiger partial charge in [-0.3, -0.25) is 0 Å². The minimum Gasteiger partial charge on any atom is -0.444 e. The summed E-state index contributed by atoms with van der Waals surface area (Å²) in [5.41, 5.74) is 0.397. The molecule has 2 saturated carbocycles. The summed E-state index contributed by atoms with van der Waals surface area (Å²) >= 11 is 0. The van der Waals surface area contributed by atoms with E-state index < -0.39 is 5.60 Å². The molecule has 2 N–H and O–H groups in total. The predicted molar refractivity (Wildman–Crippen MR) is 94.5 cm³/mol. The van der Waals surface area contributed by atoms with E-state index in [1.54, 1.807) is 0 Å². The molecule has 0 aromatic rings. The molecule has 0 heterocycles. The van der Waals surface area contributed by atoms with Crippen molar-refractivity contribution in [2.75, 3.05) is 6.54 Å². The van der Waals surface area contributed by atoms with Crippen LogP contribution in [-0.4, -0.2) is 30.3 Å². The molecule has 23 heavy (non-hydrogen) atoms. The molecule has 0 saturated heterocycles. The van der Waals surface area contributed by atoms with Crippen LogP contribution < -0.4 is 10.6 Å². The number of carbonyl (C=O) groups is 1. The molecule has 0 aromatic carbocycles. The highest BCUT2D eigenvalue weighted by molar-refractivity contribution is 5.67. The van der Waals surface area contributed by atoms with Gasteiger partial charge in [-0.05, 0) is 76.7 Å². The Labute approximate surface area is 142 Å². The lowest BCUT2D eigenvalue weighted by Gasteiger charge is -2.43. The van der Waals surface area contributed by atoms with Gasteiger partial charge in [0.2, 0.25) is 0 Å². The second-order valence-corrected chi connectivity index (χ2v) is 9.64. The van der Waals surface area contributed by atoms with E-state index in [2.05, 4.69) is 31.4 Å². The Balaban J connectivity index is 1.76. The summed E-state index contributed by atoms with van der Waals surface area (Å²) in [5.74, 6) is 0.863. The molecule has 4 atom stereocenters. The van der Waals surface area contributed by atoms with E-state index >= 15 is 0 Å². The zero-order valence-electron chi connectivity index (χ0n) is 16.1. The molecule has 2 rings (SSSR count). The van der Waals surface area contributed by atoms with Crippen LogP contribution in [0.3, 0.4) is 0 Å². The Bertz CT molecular complexity index is 436. The highest BCUT2D eigenvalue weighted by Gasteiger charge is 2.58. The number of fused-ring (bicyclic) bond motifs is 2. The van der Waals surface area contributed by atoms with Crippen LogP contribution in [0.15, 0.2) is 0 Å². The molecule has 134 valence electrons. The molecule has 2 aliphatic carbocycles.